The van der Waals surface area contributed by atoms with Crippen LogP contribution in [0.1, 0.15) is 13.3 Å². The number of anilines is 1. The molecule has 4 heteroatoms. The molecule has 0 aliphatic carbocycles. The predicted molar refractivity (Wildman–Crippen MR) is 73.4 cm³/mol. The van der Waals surface area contributed by atoms with Crippen molar-refractivity contribution in [1.29, 1.82) is 0 Å². The lowest BCUT2D eigenvalue weighted by atomic mass is 10.1. The van der Waals surface area contributed by atoms with E-state index in [9.17, 15) is 0 Å². The van der Waals surface area contributed by atoms with Crippen LogP contribution < -0.4 is 10.2 Å². The van der Waals surface area contributed by atoms with E-state index in [-0.39, 0.29) is 0 Å². The summed E-state index contributed by atoms with van der Waals surface area (Å²) in [7, 11) is 0. The maximum absolute atomic E-state index is 6.11. The summed E-state index contributed by atoms with van der Waals surface area (Å²) in [6.07, 6.45) is 1.16. The maximum Gasteiger partial charge on any atom is 0.0595 e. The van der Waals surface area contributed by atoms with Crippen molar-refractivity contribution >= 4 is 33.2 Å². The average molecular weight is 304 g/mol. The van der Waals surface area contributed by atoms with Crippen molar-refractivity contribution in [2.75, 3.05) is 24.5 Å². The molecule has 0 spiro atoms. The lowest BCUT2D eigenvalue weighted by molar-refractivity contribution is 0.447. The summed E-state index contributed by atoms with van der Waals surface area (Å²) >= 11 is 9.68. The van der Waals surface area contributed by atoms with Crippen LogP contribution in [0.15, 0.2) is 22.7 Å². The molecule has 0 radical (unpaired) electrons. The molecule has 0 bridgehead atoms. The van der Waals surface area contributed by atoms with Gasteiger partial charge in [0.05, 0.1) is 15.2 Å². The van der Waals surface area contributed by atoms with E-state index in [2.05, 4.69) is 39.1 Å². The van der Waals surface area contributed by atoms with Gasteiger partial charge in [0.2, 0.25) is 0 Å². The first-order valence-corrected chi connectivity index (χ1v) is 6.81. The third-order valence-corrected chi connectivity index (χ3v) is 4.40. The molecule has 16 heavy (non-hydrogen) atoms. The number of nitrogens with one attached hydrogen (secondary N) is 1. The summed E-state index contributed by atoms with van der Waals surface area (Å²) in [5.74, 6) is 0. The van der Waals surface area contributed by atoms with Crippen LogP contribution in [0, 0.1) is 0 Å². The Kier molecular flexibility index (Phi) is 4.11. The molecule has 88 valence electrons. The first-order valence-electron chi connectivity index (χ1n) is 5.64. The molecule has 1 aliphatic rings. The first-order chi connectivity index (χ1) is 7.72. The number of hydrogen-bond acceptors (Lipinski definition) is 2. The fourth-order valence-corrected chi connectivity index (χ4v) is 2.74. The van der Waals surface area contributed by atoms with Crippen LogP contribution in [0.3, 0.4) is 0 Å². The Hall–Kier alpha value is -0.250. The van der Waals surface area contributed by atoms with Crippen LogP contribution in [0.5, 0.6) is 0 Å². The number of benzene rings is 1. The highest BCUT2D eigenvalue weighted by Crippen LogP contribution is 2.33. The van der Waals surface area contributed by atoms with Gasteiger partial charge in [0.25, 0.3) is 0 Å². The zero-order valence-electron chi connectivity index (χ0n) is 9.34. The molecule has 2 nitrogen and oxygen atoms in total. The molecule has 0 saturated carbocycles. The van der Waals surface area contributed by atoms with E-state index in [1.54, 1.807) is 0 Å². The number of hydrogen-bond donors (Lipinski definition) is 1. The molecule has 0 amide bonds. The van der Waals surface area contributed by atoms with Gasteiger partial charge < -0.3 is 10.2 Å². The third-order valence-electron chi connectivity index (χ3n) is 3.02. The second kappa shape index (κ2) is 5.39. The fraction of sp³-hybridized carbons (Fsp3) is 0.500. The van der Waals surface area contributed by atoms with Crippen molar-refractivity contribution in [1.82, 2.24) is 5.32 Å². The Labute approximate surface area is 110 Å². The largest absolute Gasteiger partial charge is 0.368 e. The minimum absolute atomic E-state index is 0.583. The van der Waals surface area contributed by atoms with Crippen LogP contribution >= 0.6 is 27.5 Å². The number of halogens is 2. The maximum atomic E-state index is 6.11. The molecule has 2 rings (SSSR count). The van der Waals surface area contributed by atoms with Crippen LogP contribution in [-0.2, 0) is 0 Å². The van der Waals surface area contributed by atoms with Gasteiger partial charge in [0.15, 0.2) is 0 Å². The van der Waals surface area contributed by atoms with Crippen molar-refractivity contribution < 1.29 is 0 Å². The Bertz CT molecular complexity index is 370. The van der Waals surface area contributed by atoms with Gasteiger partial charge in [0, 0.05) is 25.7 Å². The molecule has 1 aromatic rings. The van der Waals surface area contributed by atoms with Crippen molar-refractivity contribution in [2.24, 2.45) is 0 Å². The molecule has 1 aromatic carbocycles. The van der Waals surface area contributed by atoms with Crippen molar-refractivity contribution in [3.63, 3.8) is 0 Å². The second-order valence-electron chi connectivity index (χ2n) is 4.08. The van der Waals surface area contributed by atoms with Crippen LogP contribution in [0.25, 0.3) is 0 Å². The molecule has 1 unspecified atom stereocenters. The van der Waals surface area contributed by atoms with Crippen molar-refractivity contribution in [2.45, 2.75) is 19.4 Å². The molecule has 1 fully saturated rings. The highest BCUT2D eigenvalue weighted by atomic mass is 79.9. The SMILES string of the molecule is CCC1CN(c2cccc(Cl)c2Br)CCN1. The second-order valence-corrected chi connectivity index (χ2v) is 5.28. The van der Waals surface area contributed by atoms with Gasteiger partial charge in [-0.25, -0.2) is 0 Å². The van der Waals surface area contributed by atoms with Gasteiger partial charge in [0.1, 0.15) is 0 Å². The average Bonchev–Trinajstić information content (AvgIpc) is 2.33. The van der Waals surface area contributed by atoms with E-state index in [1.165, 1.54) is 5.69 Å². The minimum atomic E-state index is 0.583. The normalized spacial score (nSPS) is 21.2. The topological polar surface area (TPSA) is 15.3 Å². The van der Waals surface area contributed by atoms with Gasteiger partial charge in [-0.15, -0.1) is 0 Å². The van der Waals surface area contributed by atoms with Gasteiger partial charge in [-0.3, -0.25) is 0 Å². The molecule has 0 aromatic heterocycles. The zero-order valence-corrected chi connectivity index (χ0v) is 11.7. The molecule has 1 atom stereocenters. The summed E-state index contributed by atoms with van der Waals surface area (Å²) in [5.41, 5.74) is 1.20. The minimum Gasteiger partial charge on any atom is -0.368 e. The predicted octanol–water partition coefficient (Wildman–Crippen LogP) is 3.29. The molecule has 1 saturated heterocycles. The molecule has 1 N–H and O–H groups in total. The first kappa shape index (κ1) is 12.2. The highest BCUT2D eigenvalue weighted by molar-refractivity contribution is 9.10. The van der Waals surface area contributed by atoms with Crippen molar-refractivity contribution in [3.05, 3.63) is 27.7 Å². The Balaban J connectivity index is 2.20. The monoisotopic (exact) mass is 302 g/mol. The summed E-state index contributed by atoms with van der Waals surface area (Å²) in [5, 5.41) is 4.29. The van der Waals surface area contributed by atoms with E-state index in [0.717, 1.165) is 35.6 Å². The Morgan fingerprint density at radius 1 is 1.56 bits per heavy atom. The smallest absolute Gasteiger partial charge is 0.0595 e. The standard InChI is InChI=1S/C12H16BrClN2/c1-2-9-8-16(7-6-15-9)11-5-3-4-10(14)12(11)13/h3-5,9,15H,2,6-8H2,1H3. The fourth-order valence-electron chi connectivity index (χ4n) is 2.05. The van der Waals surface area contributed by atoms with Crippen LogP contribution in [-0.4, -0.2) is 25.7 Å². The van der Waals surface area contributed by atoms with E-state index < -0.39 is 0 Å². The van der Waals surface area contributed by atoms with E-state index >= 15 is 0 Å². The number of piperazine rings is 1. The summed E-state index contributed by atoms with van der Waals surface area (Å²) in [4.78, 5) is 2.39. The summed E-state index contributed by atoms with van der Waals surface area (Å²) in [6, 6.07) is 6.62. The van der Waals surface area contributed by atoms with Crippen molar-refractivity contribution in [3.8, 4) is 0 Å². The van der Waals surface area contributed by atoms with Gasteiger partial charge in [-0.2, -0.15) is 0 Å². The van der Waals surface area contributed by atoms with Gasteiger partial charge >= 0.3 is 0 Å². The van der Waals surface area contributed by atoms with E-state index in [1.807, 2.05) is 12.1 Å². The lowest BCUT2D eigenvalue weighted by Crippen LogP contribution is -2.50. The molecular weight excluding hydrogens is 288 g/mol. The summed E-state index contributed by atoms with van der Waals surface area (Å²) in [6.45, 7) is 5.34. The van der Waals surface area contributed by atoms with E-state index in [0.29, 0.717) is 6.04 Å². The Morgan fingerprint density at radius 2 is 2.38 bits per heavy atom. The third kappa shape index (κ3) is 2.53. The molecule has 1 aliphatic heterocycles. The highest BCUT2D eigenvalue weighted by Gasteiger charge is 2.20. The summed E-state index contributed by atoms with van der Waals surface area (Å²) < 4.78 is 1.01. The van der Waals surface area contributed by atoms with E-state index in [4.69, 9.17) is 11.6 Å². The molecular formula is C12H16BrClN2. The number of rotatable bonds is 2. The lowest BCUT2D eigenvalue weighted by Gasteiger charge is -2.35. The van der Waals surface area contributed by atoms with Crippen LogP contribution in [0.2, 0.25) is 5.02 Å². The van der Waals surface area contributed by atoms with Gasteiger partial charge in [-0.1, -0.05) is 24.6 Å². The molecule has 1 heterocycles. The van der Waals surface area contributed by atoms with Gasteiger partial charge in [-0.05, 0) is 34.5 Å². The van der Waals surface area contributed by atoms with Crippen LogP contribution in [0.4, 0.5) is 5.69 Å². The Morgan fingerprint density at radius 3 is 3.12 bits per heavy atom. The number of nitrogens with zero attached hydrogens (tertiary/aromatic N) is 1. The quantitative estimate of drug-likeness (QED) is 0.902. The zero-order chi connectivity index (χ0) is 11.5.